The summed E-state index contributed by atoms with van der Waals surface area (Å²) in [4.78, 5) is 10.6. The molecule has 0 radical (unpaired) electrons. The first-order valence-corrected chi connectivity index (χ1v) is 4.27. The van der Waals surface area contributed by atoms with Crippen LogP contribution in [0.3, 0.4) is 0 Å². The third kappa shape index (κ3) is 2.00. The lowest BCUT2D eigenvalue weighted by molar-refractivity contribution is -0.244. The molecular weight excluding hydrogens is 172 g/mol. The minimum absolute atomic E-state index is 0.404. The molecule has 0 aromatic heterocycles. The van der Waals surface area contributed by atoms with Crippen molar-refractivity contribution >= 4 is 5.97 Å². The Bertz CT molecular complexity index is 204. The second kappa shape index (κ2) is 2.96. The number of carbonyl (C=O) groups excluding carboxylic acids is 1. The highest BCUT2D eigenvalue weighted by Crippen LogP contribution is 2.38. The van der Waals surface area contributed by atoms with Crippen LogP contribution in [0.15, 0.2) is 0 Å². The van der Waals surface area contributed by atoms with E-state index >= 15 is 0 Å². The van der Waals surface area contributed by atoms with E-state index in [9.17, 15) is 4.79 Å². The zero-order valence-electron chi connectivity index (χ0n) is 8.71. The van der Waals surface area contributed by atoms with Gasteiger partial charge in [-0.05, 0) is 27.7 Å². The van der Waals surface area contributed by atoms with Crippen LogP contribution in [-0.4, -0.2) is 23.6 Å². The van der Waals surface area contributed by atoms with E-state index in [4.69, 9.17) is 14.2 Å². The van der Waals surface area contributed by atoms with Gasteiger partial charge >= 0.3 is 12.4 Å². The second-order valence-corrected chi connectivity index (χ2v) is 4.15. The van der Waals surface area contributed by atoms with Crippen LogP contribution in [0.1, 0.15) is 34.6 Å². The van der Waals surface area contributed by atoms with E-state index in [1.165, 1.54) is 6.92 Å². The van der Waals surface area contributed by atoms with Gasteiger partial charge in [0, 0.05) is 6.92 Å². The molecule has 1 fully saturated rings. The molecule has 1 heterocycles. The van der Waals surface area contributed by atoms with E-state index in [-0.39, 0.29) is 0 Å². The van der Waals surface area contributed by atoms with Gasteiger partial charge in [0.1, 0.15) is 0 Å². The maximum Gasteiger partial charge on any atom is 0.319 e. The van der Waals surface area contributed by atoms with E-state index in [2.05, 4.69) is 0 Å². The van der Waals surface area contributed by atoms with Crippen molar-refractivity contribution in [2.45, 2.75) is 52.3 Å². The van der Waals surface area contributed by atoms with Gasteiger partial charge in [-0.3, -0.25) is 4.79 Å². The van der Waals surface area contributed by atoms with Crippen LogP contribution in [0.5, 0.6) is 0 Å². The van der Waals surface area contributed by atoms with Crippen molar-refractivity contribution in [1.29, 1.82) is 0 Å². The number of rotatable bonds is 1. The highest BCUT2D eigenvalue weighted by atomic mass is 16.9. The third-order valence-electron chi connectivity index (χ3n) is 2.49. The standard InChI is InChI=1S/C9H16O4/c1-6(10)11-7-12-8(2,3)9(4,5)13-7/h7H,1-5H3. The molecule has 0 N–H and O–H groups in total. The monoisotopic (exact) mass is 188 g/mol. The van der Waals surface area contributed by atoms with Gasteiger partial charge in [0.05, 0.1) is 11.2 Å². The summed E-state index contributed by atoms with van der Waals surface area (Å²) in [6.45, 7) is 8.05. The summed E-state index contributed by atoms with van der Waals surface area (Å²) in [5, 5.41) is 0. The average Bonchev–Trinajstić information content (AvgIpc) is 1.98. The third-order valence-corrected chi connectivity index (χ3v) is 2.49. The van der Waals surface area contributed by atoms with Gasteiger partial charge in [0.2, 0.25) is 0 Å². The lowest BCUT2D eigenvalue weighted by Crippen LogP contribution is -2.41. The Hall–Kier alpha value is -0.610. The Labute approximate surface area is 78.2 Å². The van der Waals surface area contributed by atoms with Crippen LogP contribution >= 0.6 is 0 Å². The fourth-order valence-electron chi connectivity index (χ4n) is 0.973. The summed E-state index contributed by atoms with van der Waals surface area (Å²) in [6.07, 6.45) is 0. The minimum atomic E-state index is -0.873. The number of ether oxygens (including phenoxy) is 3. The zero-order valence-corrected chi connectivity index (χ0v) is 8.71. The molecule has 0 saturated carbocycles. The Morgan fingerprint density at radius 3 is 1.85 bits per heavy atom. The molecule has 1 aliphatic rings. The van der Waals surface area contributed by atoms with Crippen molar-refractivity contribution in [2.24, 2.45) is 0 Å². The molecule has 0 amide bonds. The molecule has 4 nitrogen and oxygen atoms in total. The molecule has 1 saturated heterocycles. The van der Waals surface area contributed by atoms with E-state index < -0.39 is 23.6 Å². The van der Waals surface area contributed by atoms with E-state index in [1.807, 2.05) is 27.7 Å². The van der Waals surface area contributed by atoms with Crippen LogP contribution < -0.4 is 0 Å². The number of hydrogen-bond acceptors (Lipinski definition) is 4. The van der Waals surface area contributed by atoms with Gasteiger partial charge in [-0.25, -0.2) is 0 Å². The van der Waals surface area contributed by atoms with Gasteiger partial charge in [0.25, 0.3) is 0 Å². The normalized spacial score (nSPS) is 25.9. The molecule has 0 bridgehead atoms. The smallest absolute Gasteiger partial charge is 0.319 e. The summed E-state index contributed by atoms with van der Waals surface area (Å²) < 4.78 is 15.6. The molecule has 76 valence electrons. The first-order chi connectivity index (χ1) is 5.74. The first-order valence-electron chi connectivity index (χ1n) is 4.27. The van der Waals surface area contributed by atoms with Gasteiger partial charge < -0.3 is 14.2 Å². The predicted molar refractivity (Wildman–Crippen MR) is 45.9 cm³/mol. The van der Waals surface area contributed by atoms with Crippen molar-refractivity contribution in [3.05, 3.63) is 0 Å². The van der Waals surface area contributed by atoms with Crippen molar-refractivity contribution < 1.29 is 19.0 Å². The fourth-order valence-corrected chi connectivity index (χ4v) is 0.973. The largest absolute Gasteiger partial charge is 0.410 e. The maximum atomic E-state index is 10.6. The SMILES string of the molecule is CC(=O)OC1OC(C)(C)C(C)(C)O1. The minimum Gasteiger partial charge on any atom is -0.410 e. The van der Waals surface area contributed by atoms with Crippen LogP contribution in [-0.2, 0) is 19.0 Å². The summed E-state index contributed by atoms with van der Waals surface area (Å²) in [5.74, 6) is -0.404. The summed E-state index contributed by atoms with van der Waals surface area (Å²) in [7, 11) is 0. The molecule has 4 heteroatoms. The molecule has 0 unspecified atom stereocenters. The van der Waals surface area contributed by atoms with Gasteiger partial charge in [-0.2, -0.15) is 0 Å². The lowest BCUT2D eigenvalue weighted by Gasteiger charge is -2.29. The summed E-state index contributed by atoms with van der Waals surface area (Å²) >= 11 is 0. The highest BCUT2D eigenvalue weighted by Gasteiger charge is 2.50. The quantitative estimate of drug-likeness (QED) is 0.584. The molecule has 0 aromatic carbocycles. The Morgan fingerprint density at radius 1 is 1.15 bits per heavy atom. The molecule has 1 rings (SSSR count). The molecule has 1 aliphatic heterocycles. The summed E-state index contributed by atoms with van der Waals surface area (Å²) in [6, 6.07) is 0. The Morgan fingerprint density at radius 2 is 1.54 bits per heavy atom. The van der Waals surface area contributed by atoms with Crippen LogP contribution in [0.2, 0.25) is 0 Å². The number of esters is 1. The number of carbonyl (C=O) groups is 1. The Kier molecular flexibility index (Phi) is 2.38. The molecule has 0 spiro atoms. The first kappa shape index (κ1) is 10.5. The second-order valence-electron chi connectivity index (χ2n) is 4.15. The highest BCUT2D eigenvalue weighted by molar-refractivity contribution is 5.65. The van der Waals surface area contributed by atoms with Gasteiger partial charge in [0.15, 0.2) is 0 Å². The van der Waals surface area contributed by atoms with Crippen molar-refractivity contribution in [2.75, 3.05) is 0 Å². The van der Waals surface area contributed by atoms with Crippen molar-refractivity contribution in [3.63, 3.8) is 0 Å². The molecule has 0 atom stereocenters. The van der Waals surface area contributed by atoms with Gasteiger partial charge in [-0.15, -0.1) is 0 Å². The van der Waals surface area contributed by atoms with Gasteiger partial charge in [-0.1, -0.05) is 0 Å². The molecular formula is C9H16O4. The molecule has 0 aliphatic carbocycles. The summed E-state index contributed by atoms with van der Waals surface area (Å²) in [5.41, 5.74) is -0.903. The Balaban J connectivity index is 2.65. The predicted octanol–water partition coefficient (Wildman–Crippen LogP) is 1.44. The zero-order chi connectivity index (χ0) is 10.3. The topological polar surface area (TPSA) is 44.8 Å². The lowest BCUT2D eigenvalue weighted by atomic mass is 9.90. The van der Waals surface area contributed by atoms with Crippen molar-refractivity contribution in [1.82, 2.24) is 0 Å². The molecule has 13 heavy (non-hydrogen) atoms. The van der Waals surface area contributed by atoms with Crippen LogP contribution in [0.4, 0.5) is 0 Å². The van der Waals surface area contributed by atoms with Crippen LogP contribution in [0.25, 0.3) is 0 Å². The van der Waals surface area contributed by atoms with Crippen molar-refractivity contribution in [3.8, 4) is 0 Å². The van der Waals surface area contributed by atoms with E-state index in [0.717, 1.165) is 0 Å². The van der Waals surface area contributed by atoms with E-state index in [1.54, 1.807) is 0 Å². The fraction of sp³-hybridized carbons (Fsp3) is 0.889. The molecule has 0 aromatic rings. The van der Waals surface area contributed by atoms with E-state index in [0.29, 0.717) is 0 Å². The maximum absolute atomic E-state index is 10.6. The van der Waals surface area contributed by atoms with Crippen LogP contribution in [0, 0.1) is 0 Å². The average molecular weight is 188 g/mol. The number of hydrogen-bond donors (Lipinski definition) is 0.